The topological polar surface area (TPSA) is 96.3 Å². The lowest BCUT2D eigenvalue weighted by atomic mass is 10.0. The second-order valence-electron chi connectivity index (χ2n) is 7.54. The van der Waals surface area contributed by atoms with Gasteiger partial charge in [0.1, 0.15) is 11.3 Å². The molecule has 0 amide bonds. The fraction of sp³-hybridized carbons (Fsp3) is 0.292. The molecule has 2 aromatic carbocycles. The number of anilines is 2. The zero-order chi connectivity index (χ0) is 22.7. The standard InChI is InChI=1S/C24H23ClN4O3/c1-3-32-24(30)18-13-28-23-17(8-15(11-26)10-20(23)29-16-5-6-16)22(18)27-12-14-4-7-21(31-2)19(25)9-14/h4,7-10,13,16,29H,3,5-6,12H2,1-2H3,(H,27,28). The largest absolute Gasteiger partial charge is 0.495 e. The van der Waals surface area contributed by atoms with Crippen LogP contribution in [0.1, 0.15) is 41.3 Å². The Bertz CT molecular complexity index is 1220. The molecule has 0 spiro atoms. The molecule has 0 unspecified atom stereocenters. The molecule has 0 aliphatic heterocycles. The summed E-state index contributed by atoms with van der Waals surface area (Å²) in [6.07, 6.45) is 3.69. The van der Waals surface area contributed by atoms with Crippen LogP contribution in [0, 0.1) is 11.3 Å². The third-order valence-electron chi connectivity index (χ3n) is 5.22. The monoisotopic (exact) mass is 450 g/mol. The zero-order valence-corrected chi connectivity index (χ0v) is 18.6. The van der Waals surface area contributed by atoms with Crippen LogP contribution in [0.4, 0.5) is 11.4 Å². The number of benzene rings is 2. The first-order chi connectivity index (χ1) is 15.5. The molecule has 4 rings (SSSR count). The highest BCUT2D eigenvalue weighted by Crippen LogP contribution is 2.35. The first kappa shape index (κ1) is 21.7. The lowest BCUT2D eigenvalue weighted by Crippen LogP contribution is -2.12. The van der Waals surface area contributed by atoms with Gasteiger partial charge >= 0.3 is 5.97 Å². The number of nitrogens with one attached hydrogen (secondary N) is 2. The van der Waals surface area contributed by atoms with Gasteiger partial charge in [0.2, 0.25) is 0 Å². The Labute approximate surface area is 191 Å². The van der Waals surface area contributed by atoms with E-state index in [0.717, 1.165) is 24.1 Å². The molecule has 1 aliphatic rings. The fourth-order valence-corrected chi connectivity index (χ4v) is 3.77. The van der Waals surface area contributed by atoms with E-state index in [1.54, 1.807) is 32.2 Å². The maximum atomic E-state index is 12.7. The maximum Gasteiger partial charge on any atom is 0.341 e. The first-order valence-corrected chi connectivity index (χ1v) is 10.8. The summed E-state index contributed by atoms with van der Waals surface area (Å²) in [5.74, 6) is 0.114. The van der Waals surface area contributed by atoms with Crippen molar-refractivity contribution in [1.29, 1.82) is 5.26 Å². The number of hydrogen-bond donors (Lipinski definition) is 2. The number of hydrogen-bond acceptors (Lipinski definition) is 7. The van der Waals surface area contributed by atoms with Crippen LogP contribution in [0.2, 0.25) is 5.02 Å². The molecular weight excluding hydrogens is 428 g/mol. The van der Waals surface area contributed by atoms with E-state index >= 15 is 0 Å². The molecule has 7 nitrogen and oxygen atoms in total. The molecule has 1 aliphatic carbocycles. The van der Waals surface area contributed by atoms with Gasteiger partial charge in [0.25, 0.3) is 0 Å². The molecule has 32 heavy (non-hydrogen) atoms. The van der Waals surface area contributed by atoms with E-state index in [-0.39, 0.29) is 6.61 Å². The van der Waals surface area contributed by atoms with E-state index in [4.69, 9.17) is 21.1 Å². The summed E-state index contributed by atoms with van der Waals surface area (Å²) in [5.41, 5.74) is 3.75. The number of halogens is 1. The number of esters is 1. The van der Waals surface area contributed by atoms with Crippen LogP contribution < -0.4 is 15.4 Å². The van der Waals surface area contributed by atoms with Crippen molar-refractivity contribution in [3.8, 4) is 11.8 Å². The number of pyridine rings is 1. The van der Waals surface area contributed by atoms with Crippen molar-refractivity contribution in [2.45, 2.75) is 32.4 Å². The van der Waals surface area contributed by atoms with Crippen LogP contribution >= 0.6 is 11.6 Å². The van der Waals surface area contributed by atoms with E-state index < -0.39 is 5.97 Å². The molecule has 1 saturated carbocycles. The minimum absolute atomic E-state index is 0.247. The van der Waals surface area contributed by atoms with Crippen LogP contribution in [0.25, 0.3) is 10.9 Å². The average Bonchev–Trinajstić information content (AvgIpc) is 3.61. The lowest BCUT2D eigenvalue weighted by molar-refractivity contribution is 0.0527. The van der Waals surface area contributed by atoms with Crippen molar-refractivity contribution in [2.24, 2.45) is 0 Å². The highest BCUT2D eigenvalue weighted by atomic mass is 35.5. The van der Waals surface area contributed by atoms with Crippen molar-refractivity contribution in [3.63, 3.8) is 0 Å². The van der Waals surface area contributed by atoms with E-state index in [1.807, 2.05) is 12.1 Å². The summed E-state index contributed by atoms with van der Waals surface area (Å²) in [6.45, 7) is 2.40. The number of rotatable bonds is 8. The van der Waals surface area contributed by atoms with Gasteiger partial charge in [0, 0.05) is 24.2 Å². The minimum atomic E-state index is -0.476. The second-order valence-corrected chi connectivity index (χ2v) is 7.95. The molecule has 2 N–H and O–H groups in total. The quantitative estimate of drug-likeness (QED) is 0.459. The van der Waals surface area contributed by atoms with Gasteiger partial charge in [-0.05, 0) is 49.6 Å². The Kier molecular flexibility index (Phi) is 6.33. The summed E-state index contributed by atoms with van der Waals surface area (Å²) in [7, 11) is 1.56. The van der Waals surface area contributed by atoms with Crippen LogP contribution in [-0.4, -0.2) is 30.7 Å². The number of carbonyl (C=O) groups excluding carboxylic acids is 1. The van der Waals surface area contributed by atoms with E-state index in [2.05, 4.69) is 21.7 Å². The average molecular weight is 451 g/mol. The van der Waals surface area contributed by atoms with Crippen molar-refractivity contribution in [1.82, 2.24) is 4.98 Å². The molecule has 0 saturated heterocycles. The number of fused-ring (bicyclic) bond motifs is 1. The predicted octanol–water partition coefficient (Wildman–Crippen LogP) is 5.13. The summed E-state index contributed by atoms with van der Waals surface area (Å²) < 4.78 is 10.5. The number of aromatic nitrogens is 1. The van der Waals surface area contributed by atoms with Crippen molar-refractivity contribution < 1.29 is 14.3 Å². The molecule has 0 bridgehead atoms. The van der Waals surface area contributed by atoms with Gasteiger partial charge in [-0.3, -0.25) is 4.98 Å². The molecule has 0 atom stereocenters. The van der Waals surface area contributed by atoms with E-state index in [1.165, 1.54) is 6.20 Å². The van der Waals surface area contributed by atoms with Gasteiger partial charge in [0.05, 0.1) is 47.3 Å². The summed E-state index contributed by atoms with van der Waals surface area (Å²) in [5, 5.41) is 17.5. The van der Waals surface area contributed by atoms with E-state index in [9.17, 15) is 10.1 Å². The van der Waals surface area contributed by atoms with Gasteiger partial charge < -0.3 is 20.1 Å². The fourth-order valence-electron chi connectivity index (χ4n) is 3.49. The number of methoxy groups -OCH3 is 1. The smallest absolute Gasteiger partial charge is 0.341 e. The molecular formula is C24H23ClN4O3. The second kappa shape index (κ2) is 9.33. The molecule has 1 aromatic heterocycles. The highest BCUT2D eigenvalue weighted by molar-refractivity contribution is 6.32. The molecule has 164 valence electrons. The predicted molar refractivity (Wildman–Crippen MR) is 124 cm³/mol. The number of carbonyl (C=O) groups is 1. The molecule has 3 aromatic rings. The Morgan fingerprint density at radius 2 is 2.12 bits per heavy atom. The van der Waals surface area contributed by atoms with Crippen molar-refractivity contribution in [3.05, 3.63) is 58.2 Å². The van der Waals surface area contributed by atoms with Gasteiger partial charge in [-0.1, -0.05) is 17.7 Å². The van der Waals surface area contributed by atoms with Crippen LogP contribution in [0.5, 0.6) is 5.75 Å². The summed E-state index contributed by atoms with van der Waals surface area (Å²) in [6, 6.07) is 11.6. The molecule has 0 radical (unpaired) electrons. The number of nitrogens with zero attached hydrogens (tertiary/aromatic N) is 2. The first-order valence-electron chi connectivity index (χ1n) is 10.4. The van der Waals surface area contributed by atoms with Gasteiger partial charge in [-0.2, -0.15) is 5.26 Å². The number of ether oxygens (including phenoxy) is 2. The zero-order valence-electron chi connectivity index (χ0n) is 17.9. The van der Waals surface area contributed by atoms with Crippen molar-refractivity contribution >= 4 is 39.8 Å². The highest BCUT2D eigenvalue weighted by Gasteiger charge is 2.24. The molecule has 1 fully saturated rings. The third kappa shape index (κ3) is 4.56. The summed E-state index contributed by atoms with van der Waals surface area (Å²) >= 11 is 6.26. The SMILES string of the molecule is CCOC(=O)c1cnc2c(NC3CC3)cc(C#N)cc2c1NCc1ccc(OC)c(Cl)c1. The van der Waals surface area contributed by atoms with Crippen molar-refractivity contribution in [2.75, 3.05) is 24.4 Å². The van der Waals surface area contributed by atoms with Gasteiger partial charge in [0.15, 0.2) is 0 Å². The Morgan fingerprint density at radius 3 is 2.78 bits per heavy atom. The van der Waals surface area contributed by atoms with Crippen LogP contribution in [0.3, 0.4) is 0 Å². The van der Waals surface area contributed by atoms with Crippen LogP contribution in [-0.2, 0) is 11.3 Å². The molecule has 1 heterocycles. The van der Waals surface area contributed by atoms with Gasteiger partial charge in [-0.15, -0.1) is 0 Å². The summed E-state index contributed by atoms with van der Waals surface area (Å²) in [4.78, 5) is 17.2. The third-order valence-corrected chi connectivity index (χ3v) is 5.51. The Balaban J connectivity index is 1.79. The minimum Gasteiger partial charge on any atom is -0.495 e. The van der Waals surface area contributed by atoms with E-state index in [0.29, 0.717) is 51.1 Å². The normalized spacial score (nSPS) is 12.8. The maximum absolute atomic E-state index is 12.7. The van der Waals surface area contributed by atoms with Gasteiger partial charge in [-0.25, -0.2) is 4.79 Å². The molecule has 8 heteroatoms. The van der Waals surface area contributed by atoms with Crippen LogP contribution in [0.15, 0.2) is 36.5 Å². The Hall–Kier alpha value is -3.50. The lowest BCUT2D eigenvalue weighted by Gasteiger charge is -2.17. The number of nitriles is 1. The Morgan fingerprint density at radius 1 is 1.31 bits per heavy atom.